The van der Waals surface area contributed by atoms with E-state index in [0.717, 1.165) is 34.5 Å². The van der Waals surface area contributed by atoms with Crippen LogP contribution in [-0.4, -0.2) is 32.0 Å². The summed E-state index contributed by atoms with van der Waals surface area (Å²) in [6, 6.07) is 12.9. The van der Waals surface area contributed by atoms with Crippen molar-refractivity contribution in [2.24, 2.45) is 11.1 Å². The second kappa shape index (κ2) is 8.00. The molecule has 2 aromatic carbocycles. The highest BCUT2D eigenvalue weighted by atomic mass is 32.2. The average Bonchev–Trinajstić information content (AvgIpc) is 3.38. The minimum Gasteiger partial charge on any atom is -0.306 e. The van der Waals surface area contributed by atoms with Crippen molar-refractivity contribution < 1.29 is 22.0 Å². The monoisotopic (exact) mass is 469 g/mol. The molecule has 2 heterocycles. The molecule has 1 amide bonds. The van der Waals surface area contributed by atoms with Gasteiger partial charge in [-0.05, 0) is 66.3 Å². The zero-order valence-corrected chi connectivity index (χ0v) is 18.4. The lowest BCUT2D eigenvalue weighted by atomic mass is 10.0. The molecule has 2 aliphatic rings. The highest BCUT2D eigenvalue weighted by Gasteiger charge is 2.40. The van der Waals surface area contributed by atoms with E-state index in [-0.39, 0.29) is 18.0 Å². The standard InChI is InChI=1S/C24H21F2N3O3S/c25-13-19-10-17-11-20(26)23(33(27,31)32)12-22(17)29(19)24(30)18-7-14-4-5-15(8-16(14)9-18)21-3-1-2-6-28-21/h1-6,8,11-12,18-19H,7,9-10,13H2,(H2,27,31,32)/t18-,19-/m1/s1. The quantitative estimate of drug-likeness (QED) is 0.635. The molecule has 2 atom stereocenters. The molecule has 170 valence electrons. The number of sulfonamides is 1. The normalized spacial score (nSPS) is 19.4. The molecule has 33 heavy (non-hydrogen) atoms. The van der Waals surface area contributed by atoms with Crippen LogP contribution in [0.5, 0.6) is 0 Å². The molecule has 5 rings (SSSR count). The number of fused-ring (bicyclic) bond motifs is 2. The molecule has 3 aromatic rings. The Hall–Kier alpha value is -3.17. The topological polar surface area (TPSA) is 93.4 Å². The van der Waals surface area contributed by atoms with Crippen molar-refractivity contribution in [2.75, 3.05) is 11.6 Å². The first-order valence-corrected chi connectivity index (χ1v) is 12.1. The van der Waals surface area contributed by atoms with Crippen LogP contribution in [0, 0.1) is 11.7 Å². The Labute approximate surface area is 190 Å². The number of alkyl halides is 1. The Morgan fingerprint density at radius 2 is 1.85 bits per heavy atom. The van der Waals surface area contributed by atoms with Gasteiger partial charge in [0.05, 0.1) is 11.7 Å². The van der Waals surface area contributed by atoms with Gasteiger partial charge in [0.15, 0.2) is 0 Å². The molecule has 1 aromatic heterocycles. The predicted molar refractivity (Wildman–Crippen MR) is 119 cm³/mol. The van der Waals surface area contributed by atoms with Crippen LogP contribution in [0.15, 0.2) is 59.6 Å². The van der Waals surface area contributed by atoms with E-state index in [1.165, 1.54) is 4.90 Å². The van der Waals surface area contributed by atoms with Gasteiger partial charge in [-0.3, -0.25) is 9.78 Å². The molecule has 0 bridgehead atoms. The van der Waals surface area contributed by atoms with Crippen molar-refractivity contribution in [1.82, 2.24) is 4.98 Å². The predicted octanol–water partition coefficient (Wildman–Crippen LogP) is 3.18. The van der Waals surface area contributed by atoms with Gasteiger partial charge in [0.25, 0.3) is 0 Å². The summed E-state index contributed by atoms with van der Waals surface area (Å²) in [6.45, 7) is -0.823. The van der Waals surface area contributed by atoms with E-state index < -0.39 is 39.4 Å². The maximum absolute atomic E-state index is 14.3. The van der Waals surface area contributed by atoms with E-state index in [2.05, 4.69) is 4.98 Å². The number of primary sulfonamides is 1. The van der Waals surface area contributed by atoms with Crippen LogP contribution < -0.4 is 10.0 Å². The highest BCUT2D eigenvalue weighted by molar-refractivity contribution is 7.89. The third-order valence-corrected chi connectivity index (χ3v) is 7.31. The summed E-state index contributed by atoms with van der Waals surface area (Å²) < 4.78 is 51.7. The van der Waals surface area contributed by atoms with Crippen LogP contribution in [0.1, 0.15) is 16.7 Å². The smallest absolute Gasteiger partial charge is 0.241 e. The van der Waals surface area contributed by atoms with E-state index in [0.29, 0.717) is 18.4 Å². The van der Waals surface area contributed by atoms with Gasteiger partial charge >= 0.3 is 0 Å². The number of halogens is 2. The molecular weight excluding hydrogens is 448 g/mol. The minimum atomic E-state index is -4.33. The fourth-order valence-electron chi connectivity index (χ4n) is 4.84. The SMILES string of the molecule is NS(=O)(=O)c1cc2c(cc1F)C[C@H](CF)N2C(=O)[C@@H]1Cc2ccc(-c3ccccn3)cc2C1. The Kier molecular flexibility index (Phi) is 5.25. The number of nitrogens with two attached hydrogens (primary N) is 1. The van der Waals surface area contributed by atoms with Crippen molar-refractivity contribution in [1.29, 1.82) is 0 Å². The molecule has 0 spiro atoms. The van der Waals surface area contributed by atoms with Crippen LogP contribution >= 0.6 is 0 Å². The van der Waals surface area contributed by atoms with Crippen molar-refractivity contribution >= 4 is 21.6 Å². The molecule has 0 unspecified atom stereocenters. The van der Waals surface area contributed by atoms with Crippen molar-refractivity contribution in [3.63, 3.8) is 0 Å². The van der Waals surface area contributed by atoms with Gasteiger partial charge in [-0.2, -0.15) is 0 Å². The number of nitrogens with zero attached hydrogens (tertiary/aromatic N) is 2. The second-order valence-electron chi connectivity index (χ2n) is 8.48. The number of aromatic nitrogens is 1. The van der Waals surface area contributed by atoms with Gasteiger partial charge in [-0.1, -0.05) is 18.2 Å². The van der Waals surface area contributed by atoms with Crippen molar-refractivity contribution in [3.8, 4) is 11.3 Å². The molecule has 9 heteroatoms. The number of hydrogen-bond acceptors (Lipinski definition) is 4. The summed E-state index contributed by atoms with van der Waals surface area (Å²) in [6.07, 6.45) is 2.80. The van der Waals surface area contributed by atoms with Gasteiger partial charge in [0, 0.05) is 23.4 Å². The Morgan fingerprint density at radius 1 is 1.06 bits per heavy atom. The van der Waals surface area contributed by atoms with E-state index in [9.17, 15) is 22.0 Å². The largest absolute Gasteiger partial charge is 0.306 e. The molecule has 0 saturated carbocycles. The number of carbonyl (C=O) groups excluding carboxylic acids is 1. The number of amides is 1. The number of rotatable bonds is 4. The van der Waals surface area contributed by atoms with E-state index in [1.807, 2.05) is 36.4 Å². The fourth-order valence-corrected chi connectivity index (χ4v) is 5.44. The second-order valence-corrected chi connectivity index (χ2v) is 10.0. The molecule has 1 aliphatic carbocycles. The van der Waals surface area contributed by atoms with Crippen LogP contribution in [0.3, 0.4) is 0 Å². The molecule has 0 saturated heterocycles. The van der Waals surface area contributed by atoms with Gasteiger partial charge in [-0.25, -0.2) is 22.3 Å². The molecule has 0 radical (unpaired) electrons. The fraction of sp³-hybridized carbons (Fsp3) is 0.250. The Balaban J connectivity index is 1.46. The van der Waals surface area contributed by atoms with Crippen LogP contribution in [0.2, 0.25) is 0 Å². The van der Waals surface area contributed by atoms with Crippen LogP contribution in [0.4, 0.5) is 14.5 Å². The minimum absolute atomic E-state index is 0.114. The first-order valence-electron chi connectivity index (χ1n) is 10.5. The third kappa shape index (κ3) is 3.81. The van der Waals surface area contributed by atoms with Crippen LogP contribution in [-0.2, 0) is 34.1 Å². The summed E-state index contributed by atoms with van der Waals surface area (Å²) in [7, 11) is -4.33. The molecule has 6 nitrogen and oxygen atoms in total. The highest BCUT2D eigenvalue weighted by Crippen LogP contribution is 2.39. The molecule has 1 aliphatic heterocycles. The summed E-state index contributed by atoms with van der Waals surface area (Å²) in [5.74, 6) is -1.74. The lowest BCUT2D eigenvalue weighted by Crippen LogP contribution is -2.43. The number of hydrogen-bond donors (Lipinski definition) is 1. The maximum atomic E-state index is 14.3. The maximum Gasteiger partial charge on any atom is 0.241 e. The molecule has 0 fully saturated rings. The van der Waals surface area contributed by atoms with E-state index in [1.54, 1.807) is 6.20 Å². The van der Waals surface area contributed by atoms with E-state index >= 15 is 0 Å². The summed E-state index contributed by atoms with van der Waals surface area (Å²) >= 11 is 0. The summed E-state index contributed by atoms with van der Waals surface area (Å²) in [5.41, 5.74) is 4.44. The van der Waals surface area contributed by atoms with Gasteiger partial charge in [0.1, 0.15) is 17.4 Å². The number of carbonyl (C=O) groups is 1. The summed E-state index contributed by atoms with van der Waals surface area (Å²) in [5, 5.41) is 5.13. The average molecular weight is 470 g/mol. The van der Waals surface area contributed by atoms with Gasteiger partial charge in [-0.15, -0.1) is 0 Å². The molecule has 2 N–H and O–H groups in total. The van der Waals surface area contributed by atoms with Gasteiger partial charge in [0.2, 0.25) is 15.9 Å². The first-order chi connectivity index (χ1) is 15.8. The lowest BCUT2D eigenvalue weighted by molar-refractivity contribution is -0.122. The number of pyridine rings is 1. The van der Waals surface area contributed by atoms with Crippen LogP contribution in [0.25, 0.3) is 11.3 Å². The Bertz CT molecular complexity index is 1360. The first kappa shape index (κ1) is 21.7. The number of anilines is 1. The Morgan fingerprint density at radius 3 is 2.55 bits per heavy atom. The molecular formula is C24H21F2N3O3S. The zero-order chi connectivity index (χ0) is 23.3. The van der Waals surface area contributed by atoms with Gasteiger partial charge < -0.3 is 4.90 Å². The van der Waals surface area contributed by atoms with Crippen molar-refractivity contribution in [2.45, 2.75) is 30.2 Å². The lowest BCUT2D eigenvalue weighted by Gasteiger charge is -2.26. The third-order valence-electron chi connectivity index (χ3n) is 6.38. The van der Waals surface area contributed by atoms with E-state index in [4.69, 9.17) is 5.14 Å². The van der Waals surface area contributed by atoms with Crippen molar-refractivity contribution in [3.05, 3.63) is 77.2 Å². The number of benzene rings is 2. The zero-order valence-electron chi connectivity index (χ0n) is 17.5. The summed E-state index contributed by atoms with van der Waals surface area (Å²) in [4.78, 5) is 18.5.